The molecule has 2 aromatic carbocycles. The van der Waals surface area contributed by atoms with E-state index in [1.165, 1.54) is 0 Å². The van der Waals surface area contributed by atoms with Gasteiger partial charge in [0.1, 0.15) is 6.61 Å². The number of benzene rings is 2. The van der Waals surface area contributed by atoms with Gasteiger partial charge in [0.2, 0.25) is 0 Å². The highest BCUT2D eigenvalue weighted by molar-refractivity contribution is 5.78. The van der Waals surface area contributed by atoms with Crippen molar-refractivity contribution in [1.29, 1.82) is 0 Å². The van der Waals surface area contributed by atoms with E-state index in [1.807, 2.05) is 60.0 Å². The number of rotatable bonds is 6. The molecule has 1 aromatic heterocycles. The Kier molecular flexibility index (Phi) is 5.46. The van der Waals surface area contributed by atoms with Crippen LogP contribution in [0.4, 0.5) is 4.79 Å². The van der Waals surface area contributed by atoms with Gasteiger partial charge in [-0.1, -0.05) is 60.7 Å². The van der Waals surface area contributed by atoms with Gasteiger partial charge in [-0.15, -0.1) is 0 Å². The summed E-state index contributed by atoms with van der Waals surface area (Å²) in [4.78, 5) is 16.1. The van der Waals surface area contributed by atoms with Crippen molar-refractivity contribution in [3.63, 3.8) is 0 Å². The average Bonchev–Trinajstić information content (AvgIpc) is 3.07. The highest BCUT2D eigenvalue weighted by atomic mass is 16.5. The molecule has 3 aromatic rings. The van der Waals surface area contributed by atoms with E-state index in [2.05, 4.69) is 22.4 Å². The summed E-state index contributed by atoms with van der Waals surface area (Å²) >= 11 is 0. The van der Waals surface area contributed by atoms with E-state index in [9.17, 15) is 4.79 Å². The third kappa shape index (κ3) is 4.07. The van der Waals surface area contributed by atoms with Crippen LogP contribution in [0.3, 0.4) is 0 Å². The normalized spacial score (nSPS) is 10.4. The Hall–Kier alpha value is -3.08. The van der Waals surface area contributed by atoms with Gasteiger partial charge in [-0.2, -0.15) is 0 Å². The second-order valence-corrected chi connectivity index (χ2v) is 5.53. The van der Waals surface area contributed by atoms with Gasteiger partial charge in [0.05, 0.1) is 24.3 Å². The molecule has 5 nitrogen and oxygen atoms in total. The Morgan fingerprint density at radius 2 is 1.68 bits per heavy atom. The summed E-state index contributed by atoms with van der Waals surface area (Å²) in [5, 5.41) is 2.62. The molecule has 0 unspecified atom stereocenters. The van der Waals surface area contributed by atoms with Crippen LogP contribution in [0, 0.1) is 0 Å². The lowest BCUT2D eigenvalue weighted by Crippen LogP contribution is -2.25. The largest absolute Gasteiger partial charge is 0.448 e. The molecule has 0 aliphatic rings. The summed E-state index contributed by atoms with van der Waals surface area (Å²) in [6.07, 6.45) is 1.40. The Morgan fingerprint density at radius 1 is 1.04 bits per heavy atom. The average molecular weight is 335 g/mol. The quantitative estimate of drug-likeness (QED) is 0.742. The minimum absolute atomic E-state index is 0.288. The van der Waals surface area contributed by atoms with Gasteiger partial charge >= 0.3 is 6.09 Å². The topological polar surface area (TPSA) is 56.1 Å². The molecule has 0 bridgehead atoms. The molecule has 0 atom stereocenters. The van der Waals surface area contributed by atoms with Crippen molar-refractivity contribution in [3.8, 4) is 22.5 Å². The van der Waals surface area contributed by atoms with Crippen LogP contribution in [0.5, 0.6) is 0 Å². The second kappa shape index (κ2) is 8.15. The zero-order valence-electron chi connectivity index (χ0n) is 14.2. The molecule has 1 amide bonds. The van der Waals surface area contributed by atoms with E-state index < -0.39 is 6.09 Å². The van der Waals surface area contributed by atoms with Gasteiger partial charge < -0.3 is 14.6 Å². The molecule has 128 valence electrons. The molecular formula is C20H21N3O2. The molecule has 0 saturated carbocycles. The molecule has 0 saturated heterocycles. The Bertz CT molecular complexity index is 813. The first-order valence-corrected chi connectivity index (χ1v) is 8.36. The van der Waals surface area contributed by atoms with Gasteiger partial charge in [0.15, 0.2) is 0 Å². The van der Waals surface area contributed by atoms with Crippen LogP contribution in [0.2, 0.25) is 0 Å². The van der Waals surface area contributed by atoms with Gasteiger partial charge in [0, 0.05) is 17.7 Å². The summed E-state index contributed by atoms with van der Waals surface area (Å²) in [5.41, 5.74) is 4.08. The number of nitrogens with zero attached hydrogens (tertiary/aromatic N) is 2. The zero-order chi connectivity index (χ0) is 17.5. The van der Waals surface area contributed by atoms with E-state index in [4.69, 9.17) is 4.74 Å². The number of imidazole rings is 1. The number of amides is 1. The van der Waals surface area contributed by atoms with Gasteiger partial charge in [-0.05, 0) is 6.92 Å². The molecule has 1 N–H and O–H groups in total. The van der Waals surface area contributed by atoms with Crippen molar-refractivity contribution < 1.29 is 9.53 Å². The van der Waals surface area contributed by atoms with E-state index in [-0.39, 0.29) is 6.61 Å². The summed E-state index contributed by atoms with van der Waals surface area (Å²) in [5.74, 6) is 0. The van der Waals surface area contributed by atoms with Crippen LogP contribution in [-0.4, -0.2) is 28.8 Å². The molecule has 3 rings (SSSR count). The van der Waals surface area contributed by atoms with E-state index >= 15 is 0 Å². The first kappa shape index (κ1) is 16.8. The molecule has 5 heteroatoms. The predicted molar refractivity (Wildman–Crippen MR) is 98.1 cm³/mol. The maximum Gasteiger partial charge on any atom is 0.407 e. The number of carbonyl (C=O) groups is 1. The van der Waals surface area contributed by atoms with Crippen molar-refractivity contribution in [1.82, 2.24) is 14.9 Å². The van der Waals surface area contributed by atoms with Crippen molar-refractivity contribution in [2.75, 3.05) is 13.2 Å². The Balaban J connectivity index is 1.88. The summed E-state index contributed by atoms with van der Waals surface area (Å²) in [6, 6.07) is 20.2. The predicted octanol–water partition coefficient (Wildman–Crippen LogP) is 3.96. The summed E-state index contributed by atoms with van der Waals surface area (Å²) in [7, 11) is 0. The first-order chi connectivity index (χ1) is 12.3. The molecule has 0 aliphatic heterocycles. The summed E-state index contributed by atoms with van der Waals surface area (Å²) in [6.45, 7) is 3.24. The van der Waals surface area contributed by atoms with Crippen LogP contribution in [0.1, 0.15) is 6.92 Å². The highest BCUT2D eigenvalue weighted by Crippen LogP contribution is 2.30. The number of hydrogen-bond donors (Lipinski definition) is 1. The molecule has 1 heterocycles. The van der Waals surface area contributed by atoms with Crippen molar-refractivity contribution in [2.24, 2.45) is 0 Å². The van der Waals surface area contributed by atoms with Gasteiger partial charge in [0.25, 0.3) is 0 Å². The zero-order valence-corrected chi connectivity index (χ0v) is 14.2. The second-order valence-electron chi connectivity index (χ2n) is 5.53. The van der Waals surface area contributed by atoms with E-state index in [1.54, 1.807) is 6.33 Å². The number of hydrogen-bond acceptors (Lipinski definition) is 3. The third-order valence-electron chi connectivity index (χ3n) is 3.82. The Labute approximate surface area is 147 Å². The van der Waals surface area contributed by atoms with E-state index in [0.29, 0.717) is 13.1 Å². The third-order valence-corrected chi connectivity index (χ3v) is 3.82. The lowest BCUT2D eigenvalue weighted by Gasteiger charge is -2.11. The fraction of sp³-hybridized carbons (Fsp3) is 0.200. The molecule has 25 heavy (non-hydrogen) atoms. The number of ether oxygens (including phenoxy) is 1. The van der Waals surface area contributed by atoms with Gasteiger partial charge in [-0.3, -0.25) is 0 Å². The smallest absolute Gasteiger partial charge is 0.407 e. The maximum absolute atomic E-state index is 11.5. The monoisotopic (exact) mass is 335 g/mol. The first-order valence-electron chi connectivity index (χ1n) is 8.36. The number of carbonyl (C=O) groups excluding carboxylic acids is 1. The van der Waals surface area contributed by atoms with Crippen molar-refractivity contribution in [2.45, 2.75) is 13.5 Å². The van der Waals surface area contributed by atoms with Crippen molar-refractivity contribution >= 4 is 6.09 Å². The number of alkyl carbamates (subject to hydrolysis) is 1. The van der Waals surface area contributed by atoms with Crippen LogP contribution in [-0.2, 0) is 11.3 Å². The minimum atomic E-state index is -0.396. The lowest BCUT2D eigenvalue weighted by atomic mass is 10.0. The lowest BCUT2D eigenvalue weighted by molar-refractivity contribution is 0.142. The van der Waals surface area contributed by atoms with Gasteiger partial charge in [-0.25, -0.2) is 9.78 Å². The summed E-state index contributed by atoms with van der Waals surface area (Å²) < 4.78 is 7.22. The molecule has 0 aliphatic carbocycles. The number of nitrogens with one attached hydrogen (secondary N) is 1. The van der Waals surface area contributed by atoms with Crippen LogP contribution in [0.15, 0.2) is 67.0 Å². The minimum Gasteiger partial charge on any atom is -0.448 e. The fourth-order valence-corrected chi connectivity index (χ4v) is 2.69. The molecular weight excluding hydrogens is 314 g/mol. The standard InChI is InChI=1S/C20H21N3O2/c1-2-21-20(24)25-14-13-23-15-22-18(16-9-5-3-6-10-16)19(23)17-11-7-4-8-12-17/h3-12,15H,2,13-14H2,1H3,(H,21,24). The molecule has 0 spiro atoms. The van der Waals surface area contributed by atoms with Crippen LogP contribution < -0.4 is 5.32 Å². The Morgan fingerprint density at radius 3 is 2.32 bits per heavy atom. The van der Waals surface area contributed by atoms with Crippen LogP contribution >= 0.6 is 0 Å². The number of aromatic nitrogens is 2. The SMILES string of the molecule is CCNC(=O)OCCn1cnc(-c2ccccc2)c1-c1ccccc1. The fourth-order valence-electron chi connectivity index (χ4n) is 2.69. The van der Waals surface area contributed by atoms with Crippen LogP contribution in [0.25, 0.3) is 22.5 Å². The maximum atomic E-state index is 11.5. The van der Waals surface area contributed by atoms with Crippen molar-refractivity contribution in [3.05, 3.63) is 67.0 Å². The van der Waals surface area contributed by atoms with E-state index in [0.717, 1.165) is 22.5 Å². The highest BCUT2D eigenvalue weighted by Gasteiger charge is 2.14. The molecule has 0 radical (unpaired) electrons. The molecule has 0 fully saturated rings.